The fourth-order valence-corrected chi connectivity index (χ4v) is 3.65. The van der Waals surface area contributed by atoms with Crippen LogP contribution in [0.25, 0.3) is 0 Å². The van der Waals surface area contributed by atoms with Crippen molar-refractivity contribution in [2.45, 2.75) is 36.9 Å². The van der Waals surface area contributed by atoms with Crippen LogP contribution in [0.2, 0.25) is 0 Å². The minimum absolute atomic E-state index is 0.155. The molecule has 20 heavy (non-hydrogen) atoms. The Hall–Kier alpha value is -1.22. The summed E-state index contributed by atoms with van der Waals surface area (Å²) in [6.45, 7) is 0.0208. The van der Waals surface area contributed by atoms with Crippen LogP contribution < -0.4 is 4.72 Å². The molecule has 108 valence electrons. The Kier molecular flexibility index (Phi) is 3.63. The number of sulfonamides is 1. The summed E-state index contributed by atoms with van der Waals surface area (Å²) in [6.07, 6.45) is 3.67. The van der Waals surface area contributed by atoms with Gasteiger partial charge in [0.05, 0.1) is 29.3 Å². The molecule has 2 aromatic rings. The summed E-state index contributed by atoms with van der Waals surface area (Å²) < 4.78 is 28.8. The summed E-state index contributed by atoms with van der Waals surface area (Å²) in [5.74, 6) is 0. The van der Waals surface area contributed by atoms with E-state index in [9.17, 15) is 13.5 Å². The zero-order valence-corrected chi connectivity index (χ0v) is 12.3. The molecule has 0 atom stereocenters. The first-order chi connectivity index (χ1) is 9.60. The van der Waals surface area contributed by atoms with Crippen molar-refractivity contribution in [3.63, 3.8) is 0 Å². The highest BCUT2D eigenvalue weighted by molar-refractivity contribution is 7.89. The van der Waals surface area contributed by atoms with Gasteiger partial charge in [0.1, 0.15) is 0 Å². The molecule has 1 aliphatic carbocycles. The highest BCUT2D eigenvalue weighted by Crippen LogP contribution is 2.37. The van der Waals surface area contributed by atoms with Crippen LogP contribution in [0, 0.1) is 0 Å². The molecule has 0 bridgehead atoms. The van der Waals surface area contributed by atoms with Crippen molar-refractivity contribution >= 4 is 21.4 Å². The van der Waals surface area contributed by atoms with Crippen LogP contribution in [0.5, 0.6) is 0 Å². The van der Waals surface area contributed by atoms with E-state index in [0.717, 1.165) is 12.8 Å². The normalized spacial score (nSPS) is 15.7. The third-order valence-corrected chi connectivity index (χ3v) is 5.25. The van der Waals surface area contributed by atoms with Crippen molar-refractivity contribution < 1.29 is 13.5 Å². The molecule has 2 N–H and O–H groups in total. The maximum absolute atomic E-state index is 12.2. The van der Waals surface area contributed by atoms with Gasteiger partial charge < -0.3 is 9.67 Å². The van der Waals surface area contributed by atoms with Gasteiger partial charge in [-0.05, 0) is 18.9 Å². The van der Waals surface area contributed by atoms with Crippen molar-refractivity contribution in [2.75, 3.05) is 0 Å². The van der Waals surface area contributed by atoms with E-state index in [1.807, 2.05) is 4.57 Å². The number of aliphatic hydroxyl groups excluding tert-OH is 1. The lowest BCUT2D eigenvalue weighted by Crippen LogP contribution is -2.23. The molecule has 0 aromatic carbocycles. The topological polar surface area (TPSA) is 84.2 Å². The van der Waals surface area contributed by atoms with Gasteiger partial charge in [0.2, 0.25) is 10.0 Å². The van der Waals surface area contributed by atoms with E-state index >= 15 is 0 Å². The Labute approximate surface area is 121 Å². The molecule has 6 nitrogen and oxygen atoms in total. The van der Waals surface area contributed by atoms with Crippen molar-refractivity contribution in [3.8, 4) is 0 Å². The molecule has 8 heteroatoms. The molecule has 1 fully saturated rings. The molecule has 0 unspecified atom stereocenters. The van der Waals surface area contributed by atoms with Gasteiger partial charge in [0.25, 0.3) is 0 Å². The molecular formula is C12H15N3O3S2. The zero-order valence-electron chi connectivity index (χ0n) is 10.7. The minimum atomic E-state index is -3.57. The Morgan fingerprint density at radius 3 is 2.90 bits per heavy atom. The zero-order chi connectivity index (χ0) is 14.2. The first-order valence-electron chi connectivity index (χ1n) is 6.28. The van der Waals surface area contributed by atoms with E-state index in [1.54, 1.807) is 17.1 Å². The average Bonchev–Trinajstić information content (AvgIpc) is 2.98. The highest BCUT2D eigenvalue weighted by Gasteiger charge is 2.28. The molecular weight excluding hydrogens is 298 g/mol. The molecule has 0 amide bonds. The standard InChI is InChI=1S/C12H15N3O3S2/c16-6-11-3-12(5-15(11)10-1-2-10)20(17,18)14-4-9-7-19-8-13-9/h3,5,7-8,10,14,16H,1-2,4,6H2. The summed E-state index contributed by atoms with van der Waals surface area (Å²) in [5.41, 5.74) is 3.00. The van der Waals surface area contributed by atoms with E-state index in [2.05, 4.69) is 9.71 Å². The number of aliphatic hydroxyl groups is 1. The first-order valence-corrected chi connectivity index (χ1v) is 8.71. The van der Waals surface area contributed by atoms with E-state index in [-0.39, 0.29) is 18.0 Å². The second-order valence-electron chi connectivity index (χ2n) is 4.77. The van der Waals surface area contributed by atoms with Gasteiger partial charge in [-0.2, -0.15) is 0 Å². The van der Waals surface area contributed by atoms with Crippen LogP contribution in [0.4, 0.5) is 0 Å². The molecule has 1 saturated carbocycles. The van der Waals surface area contributed by atoms with E-state index in [1.165, 1.54) is 17.4 Å². The van der Waals surface area contributed by atoms with Gasteiger partial charge in [-0.3, -0.25) is 0 Å². The Morgan fingerprint density at radius 1 is 1.50 bits per heavy atom. The molecule has 1 aliphatic rings. The van der Waals surface area contributed by atoms with Crippen molar-refractivity contribution in [1.82, 2.24) is 14.3 Å². The summed E-state index contributed by atoms with van der Waals surface area (Å²) in [4.78, 5) is 4.23. The quantitative estimate of drug-likeness (QED) is 0.840. The van der Waals surface area contributed by atoms with E-state index in [0.29, 0.717) is 17.4 Å². The van der Waals surface area contributed by atoms with Crippen LogP contribution in [-0.2, 0) is 23.2 Å². The van der Waals surface area contributed by atoms with Crippen molar-refractivity contribution in [2.24, 2.45) is 0 Å². The predicted molar refractivity (Wildman–Crippen MR) is 74.8 cm³/mol. The Morgan fingerprint density at radius 2 is 2.30 bits per heavy atom. The number of thiazole rings is 1. The fourth-order valence-electron chi connectivity index (χ4n) is 2.04. The Balaban J connectivity index is 1.79. The molecule has 2 heterocycles. The number of rotatable bonds is 6. The SMILES string of the molecule is O=S(=O)(NCc1cscn1)c1cc(CO)n(C2CC2)c1. The second-order valence-corrected chi connectivity index (χ2v) is 7.25. The summed E-state index contributed by atoms with van der Waals surface area (Å²) >= 11 is 1.43. The smallest absolute Gasteiger partial charge is 0.242 e. The molecule has 2 aromatic heterocycles. The van der Waals surface area contributed by atoms with E-state index in [4.69, 9.17) is 0 Å². The largest absolute Gasteiger partial charge is 0.390 e. The van der Waals surface area contributed by atoms with Crippen LogP contribution in [-0.4, -0.2) is 23.1 Å². The van der Waals surface area contributed by atoms with Gasteiger partial charge in [0, 0.05) is 23.3 Å². The molecule has 3 rings (SSSR count). The monoisotopic (exact) mass is 313 g/mol. The van der Waals surface area contributed by atoms with Gasteiger partial charge in [-0.15, -0.1) is 11.3 Å². The predicted octanol–water partition coefficient (Wildman–Crippen LogP) is 1.25. The van der Waals surface area contributed by atoms with Crippen LogP contribution in [0.15, 0.2) is 28.0 Å². The average molecular weight is 313 g/mol. The summed E-state index contributed by atoms with van der Waals surface area (Å²) in [7, 11) is -3.57. The van der Waals surface area contributed by atoms with E-state index < -0.39 is 10.0 Å². The molecule has 0 radical (unpaired) electrons. The van der Waals surface area contributed by atoms with Crippen molar-refractivity contribution in [1.29, 1.82) is 0 Å². The number of nitrogens with one attached hydrogen (secondary N) is 1. The molecule has 0 saturated heterocycles. The lowest BCUT2D eigenvalue weighted by molar-refractivity contribution is 0.270. The first kappa shape index (κ1) is 13.7. The number of nitrogens with zero attached hydrogens (tertiary/aromatic N) is 2. The second kappa shape index (κ2) is 5.28. The lowest BCUT2D eigenvalue weighted by atomic mass is 10.4. The third-order valence-electron chi connectivity index (χ3n) is 3.25. The fraction of sp³-hybridized carbons (Fsp3) is 0.417. The van der Waals surface area contributed by atoms with Gasteiger partial charge in [-0.25, -0.2) is 18.1 Å². The highest BCUT2D eigenvalue weighted by atomic mass is 32.2. The summed E-state index contributed by atoms with van der Waals surface area (Å²) in [6, 6.07) is 1.86. The number of aromatic nitrogens is 2. The van der Waals surface area contributed by atoms with Crippen LogP contribution in [0.1, 0.15) is 30.3 Å². The molecule has 0 aliphatic heterocycles. The maximum Gasteiger partial charge on any atom is 0.242 e. The minimum Gasteiger partial charge on any atom is -0.390 e. The van der Waals surface area contributed by atoms with Gasteiger partial charge in [0.15, 0.2) is 0 Å². The van der Waals surface area contributed by atoms with Crippen molar-refractivity contribution in [3.05, 3.63) is 34.5 Å². The van der Waals surface area contributed by atoms with Crippen LogP contribution in [0.3, 0.4) is 0 Å². The lowest BCUT2D eigenvalue weighted by Gasteiger charge is -2.03. The maximum atomic E-state index is 12.2. The Bertz CT molecular complexity index is 688. The van der Waals surface area contributed by atoms with Crippen LogP contribution >= 0.6 is 11.3 Å². The number of hydrogen-bond donors (Lipinski definition) is 2. The number of hydrogen-bond acceptors (Lipinski definition) is 5. The van der Waals surface area contributed by atoms with Gasteiger partial charge >= 0.3 is 0 Å². The van der Waals surface area contributed by atoms with Gasteiger partial charge in [-0.1, -0.05) is 0 Å². The molecule has 0 spiro atoms. The summed E-state index contributed by atoms with van der Waals surface area (Å²) in [5, 5.41) is 11.1. The third kappa shape index (κ3) is 2.78.